The average molecular weight is 271 g/mol. The van der Waals surface area contributed by atoms with Crippen LogP contribution >= 0.6 is 0 Å². The van der Waals surface area contributed by atoms with E-state index in [1.807, 2.05) is 42.2 Å². The van der Waals surface area contributed by atoms with Crippen molar-refractivity contribution in [3.05, 3.63) is 41.6 Å². The summed E-state index contributed by atoms with van der Waals surface area (Å²) in [4.78, 5) is 13.4. The first-order valence-corrected chi connectivity index (χ1v) is 6.74. The van der Waals surface area contributed by atoms with Gasteiger partial charge in [0.1, 0.15) is 5.82 Å². The highest BCUT2D eigenvalue weighted by atomic mass is 16.3. The highest BCUT2D eigenvalue weighted by Gasteiger charge is 2.27. The number of aldehydes is 1. The van der Waals surface area contributed by atoms with Crippen molar-refractivity contribution in [1.82, 2.24) is 9.78 Å². The molecule has 1 saturated heterocycles. The number of aliphatic hydroxyl groups is 1. The molecule has 0 radical (unpaired) electrons. The normalized spacial score (nSPS) is 18.5. The van der Waals surface area contributed by atoms with Gasteiger partial charge in [-0.3, -0.25) is 4.79 Å². The lowest BCUT2D eigenvalue weighted by atomic mass is 10.2. The zero-order chi connectivity index (χ0) is 14.1. The zero-order valence-electron chi connectivity index (χ0n) is 11.4. The molecule has 1 aliphatic rings. The minimum Gasteiger partial charge on any atom is -0.391 e. The van der Waals surface area contributed by atoms with E-state index < -0.39 is 0 Å². The van der Waals surface area contributed by atoms with E-state index in [9.17, 15) is 9.90 Å². The fourth-order valence-electron chi connectivity index (χ4n) is 2.65. The minimum atomic E-state index is -0.339. The van der Waals surface area contributed by atoms with E-state index >= 15 is 0 Å². The Hall–Kier alpha value is -2.14. The topological polar surface area (TPSA) is 58.4 Å². The van der Waals surface area contributed by atoms with Crippen LogP contribution in [0.25, 0.3) is 5.69 Å². The fraction of sp³-hybridized carbons (Fsp3) is 0.333. The van der Waals surface area contributed by atoms with Crippen LogP contribution in [0.15, 0.2) is 30.3 Å². The van der Waals surface area contributed by atoms with Gasteiger partial charge in [0.2, 0.25) is 0 Å². The molecule has 3 rings (SSSR count). The molecule has 2 heterocycles. The second-order valence-corrected chi connectivity index (χ2v) is 5.08. The third kappa shape index (κ3) is 2.10. The van der Waals surface area contributed by atoms with Crippen molar-refractivity contribution < 1.29 is 9.90 Å². The maximum Gasteiger partial charge on any atom is 0.155 e. The summed E-state index contributed by atoms with van der Waals surface area (Å²) < 4.78 is 1.79. The lowest BCUT2D eigenvalue weighted by Crippen LogP contribution is -2.25. The predicted molar refractivity (Wildman–Crippen MR) is 76.5 cm³/mol. The lowest BCUT2D eigenvalue weighted by Gasteiger charge is -2.20. The molecule has 1 atom stereocenters. The standard InChI is InChI=1S/C15H17N3O2/c1-11-14(10-19)15(17-8-7-13(20)9-17)18(16-11)12-5-3-2-4-6-12/h2-6,10,13,20H,7-9H2,1H3. The Kier molecular flexibility index (Phi) is 3.28. The van der Waals surface area contributed by atoms with Gasteiger partial charge in [-0.05, 0) is 25.5 Å². The summed E-state index contributed by atoms with van der Waals surface area (Å²) in [5.74, 6) is 0.778. The molecule has 104 valence electrons. The van der Waals surface area contributed by atoms with Gasteiger partial charge in [0.15, 0.2) is 6.29 Å². The fourth-order valence-corrected chi connectivity index (χ4v) is 2.65. The number of benzene rings is 1. The number of para-hydroxylation sites is 1. The monoisotopic (exact) mass is 271 g/mol. The molecule has 1 aromatic heterocycles. The second-order valence-electron chi connectivity index (χ2n) is 5.08. The molecule has 1 unspecified atom stereocenters. The van der Waals surface area contributed by atoms with Gasteiger partial charge >= 0.3 is 0 Å². The smallest absolute Gasteiger partial charge is 0.155 e. The molecule has 5 heteroatoms. The van der Waals surface area contributed by atoms with Gasteiger partial charge < -0.3 is 10.0 Å². The van der Waals surface area contributed by atoms with Crippen molar-refractivity contribution in [2.75, 3.05) is 18.0 Å². The van der Waals surface area contributed by atoms with Crippen LogP contribution in [-0.2, 0) is 0 Å². The Bertz CT molecular complexity index is 622. The van der Waals surface area contributed by atoms with Crippen LogP contribution in [0.1, 0.15) is 22.5 Å². The number of hydrogen-bond acceptors (Lipinski definition) is 4. The molecule has 20 heavy (non-hydrogen) atoms. The van der Waals surface area contributed by atoms with Gasteiger partial charge in [-0.2, -0.15) is 5.10 Å². The van der Waals surface area contributed by atoms with E-state index in [2.05, 4.69) is 5.10 Å². The van der Waals surface area contributed by atoms with Crippen molar-refractivity contribution >= 4 is 12.1 Å². The molecule has 0 saturated carbocycles. The highest BCUT2D eigenvalue weighted by molar-refractivity contribution is 5.85. The first-order chi connectivity index (χ1) is 9.70. The second kappa shape index (κ2) is 5.09. The van der Waals surface area contributed by atoms with Crippen molar-refractivity contribution in [1.29, 1.82) is 0 Å². The van der Waals surface area contributed by atoms with Crippen LogP contribution in [0.5, 0.6) is 0 Å². The molecule has 0 aliphatic carbocycles. The van der Waals surface area contributed by atoms with Gasteiger partial charge in [-0.15, -0.1) is 0 Å². The van der Waals surface area contributed by atoms with Crippen LogP contribution in [0.4, 0.5) is 5.82 Å². The summed E-state index contributed by atoms with van der Waals surface area (Å²) in [6.07, 6.45) is 1.23. The maximum atomic E-state index is 11.4. The van der Waals surface area contributed by atoms with Crippen molar-refractivity contribution in [2.45, 2.75) is 19.4 Å². The summed E-state index contributed by atoms with van der Waals surface area (Å²) >= 11 is 0. The predicted octanol–water partition coefficient (Wildman–Crippen LogP) is 1.56. The molecule has 1 aromatic carbocycles. The summed E-state index contributed by atoms with van der Waals surface area (Å²) in [7, 11) is 0. The average Bonchev–Trinajstić information content (AvgIpc) is 3.03. The molecule has 0 amide bonds. The molecular weight excluding hydrogens is 254 g/mol. The number of aromatic nitrogens is 2. The SMILES string of the molecule is Cc1nn(-c2ccccc2)c(N2CCC(O)C2)c1C=O. The number of anilines is 1. The molecule has 1 N–H and O–H groups in total. The number of hydrogen-bond donors (Lipinski definition) is 1. The van der Waals surface area contributed by atoms with Gasteiger partial charge in [0.05, 0.1) is 23.0 Å². The number of aryl methyl sites for hydroxylation is 1. The number of rotatable bonds is 3. The Morgan fingerprint density at radius 2 is 2.10 bits per heavy atom. The van der Waals surface area contributed by atoms with Gasteiger partial charge in [-0.25, -0.2) is 4.68 Å². The minimum absolute atomic E-state index is 0.339. The van der Waals surface area contributed by atoms with Crippen molar-refractivity contribution in [3.63, 3.8) is 0 Å². The number of aliphatic hydroxyl groups excluding tert-OH is 1. The third-order valence-electron chi connectivity index (χ3n) is 3.66. The molecule has 1 aliphatic heterocycles. The van der Waals surface area contributed by atoms with E-state index in [1.165, 1.54) is 0 Å². The van der Waals surface area contributed by atoms with E-state index in [0.29, 0.717) is 17.8 Å². The molecule has 1 fully saturated rings. The quantitative estimate of drug-likeness (QED) is 0.861. The Labute approximate surface area is 117 Å². The maximum absolute atomic E-state index is 11.4. The Morgan fingerprint density at radius 3 is 2.70 bits per heavy atom. The Morgan fingerprint density at radius 1 is 1.35 bits per heavy atom. The van der Waals surface area contributed by atoms with E-state index in [4.69, 9.17) is 0 Å². The summed E-state index contributed by atoms with van der Waals surface area (Å²) in [5, 5.41) is 14.2. The Balaban J connectivity index is 2.13. The van der Waals surface area contributed by atoms with Crippen LogP contribution in [-0.4, -0.2) is 40.4 Å². The highest BCUT2D eigenvalue weighted by Crippen LogP contribution is 2.28. The van der Waals surface area contributed by atoms with Crippen molar-refractivity contribution in [2.24, 2.45) is 0 Å². The van der Waals surface area contributed by atoms with Crippen LogP contribution < -0.4 is 4.90 Å². The number of carbonyl (C=O) groups excluding carboxylic acids is 1. The zero-order valence-corrected chi connectivity index (χ0v) is 11.4. The third-order valence-corrected chi connectivity index (χ3v) is 3.66. The van der Waals surface area contributed by atoms with E-state index in [0.717, 1.165) is 30.8 Å². The molecule has 2 aromatic rings. The lowest BCUT2D eigenvalue weighted by molar-refractivity contribution is 0.112. The largest absolute Gasteiger partial charge is 0.391 e. The van der Waals surface area contributed by atoms with Gasteiger partial charge in [-0.1, -0.05) is 18.2 Å². The summed E-state index contributed by atoms with van der Waals surface area (Å²) in [6.45, 7) is 3.11. The molecule has 5 nitrogen and oxygen atoms in total. The van der Waals surface area contributed by atoms with E-state index in [-0.39, 0.29) is 6.10 Å². The summed E-state index contributed by atoms with van der Waals surface area (Å²) in [6, 6.07) is 9.74. The number of β-amino-alcohol motifs (C(OH)–C–C–N with tert-alkyl or cyclic N) is 1. The van der Waals surface area contributed by atoms with Gasteiger partial charge in [0, 0.05) is 13.1 Å². The first-order valence-electron chi connectivity index (χ1n) is 6.74. The van der Waals surface area contributed by atoms with E-state index in [1.54, 1.807) is 4.68 Å². The molecule has 0 spiro atoms. The number of nitrogens with zero attached hydrogens (tertiary/aromatic N) is 3. The first kappa shape index (κ1) is 12.9. The molecule has 0 bridgehead atoms. The number of carbonyl (C=O) groups is 1. The van der Waals surface area contributed by atoms with Crippen LogP contribution in [0.2, 0.25) is 0 Å². The molecular formula is C15H17N3O2. The van der Waals surface area contributed by atoms with Gasteiger partial charge in [0.25, 0.3) is 0 Å². The van der Waals surface area contributed by atoms with Crippen LogP contribution in [0.3, 0.4) is 0 Å². The summed E-state index contributed by atoms with van der Waals surface area (Å²) in [5.41, 5.74) is 2.23. The van der Waals surface area contributed by atoms with Crippen molar-refractivity contribution in [3.8, 4) is 5.69 Å². The van der Waals surface area contributed by atoms with Crippen LogP contribution in [0, 0.1) is 6.92 Å².